The van der Waals surface area contributed by atoms with E-state index < -0.39 is 0 Å². The van der Waals surface area contributed by atoms with E-state index in [2.05, 4.69) is 0 Å². The molecule has 2 aromatic rings. The van der Waals surface area contributed by atoms with Gasteiger partial charge in [0.15, 0.2) is 18.1 Å². The van der Waals surface area contributed by atoms with Crippen LogP contribution in [0.2, 0.25) is 0 Å². The minimum Gasteiger partial charge on any atom is -0.493 e. The first kappa shape index (κ1) is 16.9. The van der Waals surface area contributed by atoms with E-state index in [1.165, 1.54) is 7.11 Å². The summed E-state index contributed by atoms with van der Waals surface area (Å²) in [4.78, 5) is 14.6. The van der Waals surface area contributed by atoms with Crippen LogP contribution in [0.3, 0.4) is 0 Å². The van der Waals surface area contributed by atoms with Gasteiger partial charge in [0.2, 0.25) is 0 Å². The fourth-order valence-electron chi connectivity index (χ4n) is 2.83. The Kier molecular flexibility index (Phi) is 4.94. The molecule has 6 nitrogen and oxygen atoms in total. The average molecular weight is 340 g/mol. The number of nitriles is 1. The minimum absolute atomic E-state index is 0.0934. The van der Waals surface area contributed by atoms with Crippen LogP contribution in [0, 0.1) is 11.3 Å². The molecule has 0 N–H and O–H groups in total. The van der Waals surface area contributed by atoms with Gasteiger partial charge in [0, 0.05) is 12.1 Å². The van der Waals surface area contributed by atoms with Crippen LogP contribution in [0.15, 0.2) is 41.0 Å². The molecule has 1 fully saturated rings. The van der Waals surface area contributed by atoms with Crippen molar-refractivity contribution in [2.75, 3.05) is 13.7 Å². The Balaban J connectivity index is 1.69. The van der Waals surface area contributed by atoms with Crippen molar-refractivity contribution in [3.8, 4) is 17.6 Å². The van der Waals surface area contributed by atoms with Gasteiger partial charge >= 0.3 is 0 Å². The molecule has 0 saturated heterocycles. The van der Waals surface area contributed by atoms with Gasteiger partial charge in [-0.1, -0.05) is 0 Å². The summed E-state index contributed by atoms with van der Waals surface area (Å²) in [5, 5.41) is 8.94. The van der Waals surface area contributed by atoms with Crippen LogP contribution in [0.4, 0.5) is 0 Å². The standard InChI is InChI=1S/C19H20N2O4/c1-13(16-4-3-9-24-16)21(15-6-7-15)19(22)12-25-17-8-5-14(11-20)10-18(17)23-2/h3-5,8-10,13,15H,6-7,12H2,1-2H3/t13-/m1/s1. The molecule has 0 aliphatic heterocycles. The third-order valence-electron chi connectivity index (χ3n) is 4.24. The smallest absolute Gasteiger partial charge is 0.261 e. The Bertz CT molecular complexity index is 775. The molecule has 6 heteroatoms. The number of carbonyl (C=O) groups is 1. The van der Waals surface area contributed by atoms with Crippen LogP contribution in [0.25, 0.3) is 0 Å². The summed E-state index contributed by atoms with van der Waals surface area (Å²) in [5.41, 5.74) is 0.474. The van der Waals surface area contributed by atoms with Crippen LogP contribution in [0.5, 0.6) is 11.5 Å². The van der Waals surface area contributed by atoms with Crippen molar-refractivity contribution in [2.45, 2.75) is 31.8 Å². The summed E-state index contributed by atoms with van der Waals surface area (Å²) < 4.78 is 16.3. The summed E-state index contributed by atoms with van der Waals surface area (Å²) in [6.45, 7) is 1.86. The SMILES string of the molecule is COc1cc(C#N)ccc1OCC(=O)N(C1CC1)[C@H](C)c1ccco1. The molecule has 1 aliphatic rings. The van der Waals surface area contributed by atoms with Crippen LogP contribution in [-0.2, 0) is 4.79 Å². The van der Waals surface area contributed by atoms with Crippen molar-refractivity contribution in [2.24, 2.45) is 0 Å². The second-order valence-electron chi connectivity index (χ2n) is 5.99. The lowest BCUT2D eigenvalue weighted by atomic mass is 10.2. The number of hydrogen-bond acceptors (Lipinski definition) is 5. The number of nitrogens with zero attached hydrogens (tertiary/aromatic N) is 2. The molecular weight excluding hydrogens is 320 g/mol. The predicted molar refractivity (Wildman–Crippen MR) is 90.2 cm³/mol. The van der Waals surface area contributed by atoms with Gasteiger partial charge in [0.05, 0.1) is 31.0 Å². The van der Waals surface area contributed by atoms with Crippen molar-refractivity contribution in [1.82, 2.24) is 4.90 Å². The number of methoxy groups -OCH3 is 1. The molecule has 1 saturated carbocycles. The molecule has 1 atom stereocenters. The number of furan rings is 1. The van der Waals surface area contributed by atoms with Crippen molar-refractivity contribution < 1.29 is 18.7 Å². The lowest BCUT2D eigenvalue weighted by Crippen LogP contribution is -2.38. The van der Waals surface area contributed by atoms with Crippen LogP contribution in [-0.4, -0.2) is 30.6 Å². The molecule has 25 heavy (non-hydrogen) atoms. The van der Waals surface area contributed by atoms with Gasteiger partial charge in [-0.2, -0.15) is 5.26 Å². The van der Waals surface area contributed by atoms with Crippen molar-refractivity contribution in [3.63, 3.8) is 0 Å². The fourth-order valence-corrected chi connectivity index (χ4v) is 2.83. The molecule has 0 spiro atoms. The lowest BCUT2D eigenvalue weighted by Gasteiger charge is -2.28. The Morgan fingerprint density at radius 3 is 2.80 bits per heavy atom. The van der Waals surface area contributed by atoms with Crippen LogP contribution < -0.4 is 9.47 Å². The summed E-state index contributed by atoms with van der Waals surface area (Å²) in [7, 11) is 1.50. The molecule has 1 amide bonds. The summed E-state index contributed by atoms with van der Waals surface area (Å²) in [5.74, 6) is 1.54. The number of hydrogen-bond donors (Lipinski definition) is 0. The number of rotatable bonds is 7. The highest BCUT2D eigenvalue weighted by molar-refractivity contribution is 5.79. The number of ether oxygens (including phenoxy) is 2. The highest BCUT2D eigenvalue weighted by Gasteiger charge is 2.37. The van der Waals surface area contributed by atoms with Gasteiger partial charge < -0.3 is 18.8 Å². The molecule has 1 heterocycles. The quantitative estimate of drug-likeness (QED) is 0.773. The first-order valence-corrected chi connectivity index (χ1v) is 8.19. The number of amides is 1. The molecule has 0 radical (unpaired) electrons. The Morgan fingerprint density at radius 1 is 1.40 bits per heavy atom. The lowest BCUT2D eigenvalue weighted by molar-refractivity contribution is -0.136. The fraction of sp³-hybridized carbons (Fsp3) is 0.368. The Hall–Kier alpha value is -2.94. The van der Waals surface area contributed by atoms with Gasteiger partial charge in [-0.05, 0) is 44.0 Å². The molecule has 130 valence electrons. The van der Waals surface area contributed by atoms with Crippen LogP contribution in [0.1, 0.15) is 37.1 Å². The van der Waals surface area contributed by atoms with Crippen molar-refractivity contribution in [3.05, 3.63) is 47.9 Å². The Labute approximate surface area is 146 Å². The molecule has 1 aliphatic carbocycles. The summed E-state index contributed by atoms with van der Waals surface area (Å²) >= 11 is 0. The zero-order valence-electron chi connectivity index (χ0n) is 14.3. The van der Waals surface area contributed by atoms with E-state index in [0.717, 1.165) is 18.6 Å². The van der Waals surface area contributed by atoms with E-state index >= 15 is 0 Å². The largest absolute Gasteiger partial charge is 0.493 e. The Morgan fingerprint density at radius 2 is 2.20 bits per heavy atom. The van der Waals surface area contributed by atoms with Crippen molar-refractivity contribution in [1.29, 1.82) is 5.26 Å². The molecule has 0 bridgehead atoms. The summed E-state index contributed by atoms with van der Waals surface area (Å²) in [6, 6.07) is 10.7. The zero-order valence-corrected chi connectivity index (χ0v) is 14.3. The predicted octanol–water partition coefficient (Wildman–Crippen LogP) is 3.29. The average Bonchev–Trinajstić information content (AvgIpc) is 3.31. The number of benzene rings is 1. The maximum atomic E-state index is 12.7. The molecule has 1 aromatic heterocycles. The maximum Gasteiger partial charge on any atom is 0.261 e. The highest BCUT2D eigenvalue weighted by atomic mass is 16.5. The highest BCUT2D eigenvalue weighted by Crippen LogP contribution is 2.35. The van der Waals surface area contributed by atoms with Crippen LogP contribution >= 0.6 is 0 Å². The normalized spacial score (nSPS) is 14.4. The second kappa shape index (κ2) is 7.31. The second-order valence-corrected chi connectivity index (χ2v) is 5.99. The molecule has 3 rings (SSSR count). The third kappa shape index (κ3) is 3.77. The van der Waals surface area contributed by atoms with E-state index in [4.69, 9.17) is 19.2 Å². The van der Waals surface area contributed by atoms with E-state index in [1.807, 2.05) is 30.0 Å². The topological polar surface area (TPSA) is 75.7 Å². The van der Waals surface area contributed by atoms with Gasteiger partial charge in [-0.3, -0.25) is 4.79 Å². The van der Waals surface area contributed by atoms with Gasteiger partial charge in [-0.15, -0.1) is 0 Å². The zero-order chi connectivity index (χ0) is 17.8. The molecule has 1 aromatic carbocycles. The van der Waals surface area contributed by atoms with E-state index in [0.29, 0.717) is 17.1 Å². The molecule has 0 unspecified atom stereocenters. The van der Waals surface area contributed by atoms with E-state index in [1.54, 1.807) is 24.5 Å². The van der Waals surface area contributed by atoms with Crippen molar-refractivity contribution >= 4 is 5.91 Å². The number of carbonyl (C=O) groups excluding carboxylic acids is 1. The first-order chi connectivity index (χ1) is 12.1. The van der Waals surface area contributed by atoms with E-state index in [-0.39, 0.29) is 24.6 Å². The third-order valence-corrected chi connectivity index (χ3v) is 4.24. The van der Waals surface area contributed by atoms with E-state index in [9.17, 15) is 4.79 Å². The van der Waals surface area contributed by atoms with Gasteiger partial charge in [-0.25, -0.2) is 0 Å². The minimum atomic E-state index is -0.138. The first-order valence-electron chi connectivity index (χ1n) is 8.19. The summed E-state index contributed by atoms with van der Waals surface area (Å²) in [6.07, 6.45) is 3.60. The monoisotopic (exact) mass is 340 g/mol. The maximum absolute atomic E-state index is 12.7. The molecular formula is C19H20N2O4. The van der Waals surface area contributed by atoms with Gasteiger partial charge in [0.1, 0.15) is 5.76 Å². The van der Waals surface area contributed by atoms with Gasteiger partial charge in [0.25, 0.3) is 5.91 Å².